The predicted molar refractivity (Wildman–Crippen MR) is 87.1 cm³/mol. The zero-order valence-electron chi connectivity index (χ0n) is 11.5. The summed E-state index contributed by atoms with van der Waals surface area (Å²) >= 11 is 7.17. The van der Waals surface area contributed by atoms with Crippen molar-refractivity contribution in [3.8, 4) is 0 Å². The molecule has 1 fully saturated rings. The number of hydrogen-bond acceptors (Lipinski definition) is 3. The molecule has 1 atom stereocenters. The van der Waals surface area contributed by atoms with E-state index in [0.717, 1.165) is 43.0 Å². The molecule has 1 rings (SSSR count). The molecule has 0 aliphatic carbocycles. The Morgan fingerprint density at radius 1 is 1.26 bits per heavy atom. The monoisotopic (exact) mass is 418 g/mol. The lowest BCUT2D eigenvalue weighted by Crippen LogP contribution is -2.36. The third kappa shape index (κ3) is 5.29. The number of rotatable bonds is 9. The van der Waals surface area contributed by atoms with Crippen molar-refractivity contribution in [2.75, 3.05) is 35.4 Å². The van der Waals surface area contributed by atoms with E-state index in [1.165, 1.54) is 0 Å². The van der Waals surface area contributed by atoms with E-state index in [1.807, 2.05) is 0 Å². The molecular weight excluding hydrogens is 396 g/mol. The molecule has 6 heteroatoms. The maximum atomic E-state index is 11.7. The molecule has 0 amide bonds. The van der Waals surface area contributed by atoms with Crippen LogP contribution in [0.3, 0.4) is 0 Å². The van der Waals surface area contributed by atoms with Gasteiger partial charge >= 0.3 is 0 Å². The van der Waals surface area contributed by atoms with Gasteiger partial charge in [0.15, 0.2) is 9.84 Å². The molecule has 1 aliphatic rings. The van der Waals surface area contributed by atoms with Crippen LogP contribution < -0.4 is 0 Å². The van der Waals surface area contributed by atoms with Crippen LogP contribution in [0.2, 0.25) is 0 Å². The van der Waals surface area contributed by atoms with E-state index in [2.05, 4.69) is 38.8 Å². The fraction of sp³-hybridized carbons (Fsp3) is 1.00. The van der Waals surface area contributed by atoms with Crippen LogP contribution in [0.4, 0.5) is 0 Å². The zero-order chi connectivity index (χ0) is 14.4. The van der Waals surface area contributed by atoms with Crippen molar-refractivity contribution in [1.82, 2.24) is 0 Å². The first-order chi connectivity index (χ1) is 8.99. The Kier molecular flexibility index (Phi) is 7.87. The van der Waals surface area contributed by atoms with Crippen molar-refractivity contribution in [3.05, 3.63) is 0 Å². The van der Waals surface area contributed by atoms with Crippen LogP contribution in [-0.2, 0) is 14.6 Å². The van der Waals surface area contributed by atoms with E-state index in [-0.39, 0.29) is 11.3 Å². The minimum absolute atomic E-state index is 0.00418. The van der Waals surface area contributed by atoms with Gasteiger partial charge < -0.3 is 4.74 Å². The van der Waals surface area contributed by atoms with Crippen molar-refractivity contribution in [2.24, 2.45) is 11.3 Å². The van der Waals surface area contributed by atoms with Gasteiger partial charge in [-0.3, -0.25) is 0 Å². The minimum Gasteiger partial charge on any atom is -0.381 e. The summed E-state index contributed by atoms with van der Waals surface area (Å²) in [6.07, 6.45) is 3.93. The third-order valence-corrected chi connectivity index (χ3v) is 8.02. The van der Waals surface area contributed by atoms with Crippen LogP contribution in [0, 0.1) is 11.3 Å². The molecule has 0 aromatic rings. The van der Waals surface area contributed by atoms with Gasteiger partial charge in [0.25, 0.3) is 0 Å². The molecule has 1 aliphatic heterocycles. The van der Waals surface area contributed by atoms with Gasteiger partial charge in [-0.2, -0.15) is 0 Å². The van der Waals surface area contributed by atoms with Gasteiger partial charge in [-0.1, -0.05) is 45.2 Å². The molecule has 1 saturated heterocycles. The van der Waals surface area contributed by atoms with E-state index < -0.39 is 9.84 Å². The summed E-state index contributed by atoms with van der Waals surface area (Å²) < 4.78 is 29.0. The zero-order valence-corrected chi connectivity index (χ0v) is 15.5. The summed E-state index contributed by atoms with van der Waals surface area (Å²) in [6.45, 7) is 3.67. The minimum atomic E-state index is -2.82. The van der Waals surface area contributed by atoms with Crippen LogP contribution in [0.15, 0.2) is 0 Å². The van der Waals surface area contributed by atoms with Crippen LogP contribution in [0.1, 0.15) is 32.6 Å². The lowest BCUT2D eigenvalue weighted by molar-refractivity contribution is 0.0888. The highest BCUT2D eigenvalue weighted by Gasteiger charge is 2.43. The largest absolute Gasteiger partial charge is 0.381 e. The Hall–Kier alpha value is 0.870. The molecular formula is C13H24Br2O3S. The lowest BCUT2D eigenvalue weighted by Gasteiger charge is -2.35. The van der Waals surface area contributed by atoms with Crippen molar-refractivity contribution >= 4 is 41.7 Å². The number of sulfone groups is 1. The molecule has 1 heterocycles. The van der Waals surface area contributed by atoms with E-state index in [9.17, 15) is 8.42 Å². The van der Waals surface area contributed by atoms with Gasteiger partial charge in [0.2, 0.25) is 0 Å². The quantitative estimate of drug-likeness (QED) is 0.424. The highest BCUT2D eigenvalue weighted by molar-refractivity contribution is 9.09. The van der Waals surface area contributed by atoms with Crippen LogP contribution >= 0.6 is 31.9 Å². The summed E-state index contributed by atoms with van der Waals surface area (Å²) in [5.74, 6) is 0.918. The van der Waals surface area contributed by atoms with Crippen molar-refractivity contribution in [2.45, 2.75) is 32.6 Å². The Labute approximate surface area is 134 Å². The standard InChI is InChI=1S/C13H24Br2O3S/c1-2-3-6-18-7-5-13(10-14,11-15)12-4-8-19(16,17)9-12/h12H,2-11H2,1H3. The molecule has 114 valence electrons. The van der Waals surface area contributed by atoms with Gasteiger partial charge in [-0.05, 0) is 30.6 Å². The summed E-state index contributed by atoms with van der Waals surface area (Å²) in [5.41, 5.74) is -0.00418. The van der Waals surface area contributed by atoms with Crippen molar-refractivity contribution in [1.29, 1.82) is 0 Å². The number of alkyl halides is 2. The predicted octanol–water partition coefficient (Wildman–Crippen LogP) is 3.40. The maximum absolute atomic E-state index is 11.7. The second kappa shape index (κ2) is 8.35. The normalized spacial score (nSPS) is 22.8. The molecule has 0 aromatic carbocycles. The average molecular weight is 420 g/mol. The van der Waals surface area contributed by atoms with E-state index in [1.54, 1.807) is 0 Å². The summed E-state index contributed by atoms with van der Waals surface area (Å²) in [7, 11) is -2.82. The Bertz CT molecular complexity index is 353. The number of unbranched alkanes of at least 4 members (excludes halogenated alkanes) is 1. The maximum Gasteiger partial charge on any atom is 0.150 e. The molecule has 0 radical (unpaired) electrons. The SMILES string of the molecule is CCCCOCCC(CBr)(CBr)C1CCS(=O)(=O)C1. The van der Waals surface area contributed by atoms with Gasteiger partial charge in [0, 0.05) is 23.9 Å². The molecule has 0 N–H and O–H groups in total. The molecule has 3 nitrogen and oxygen atoms in total. The molecule has 0 saturated carbocycles. The van der Waals surface area contributed by atoms with Gasteiger partial charge in [0.1, 0.15) is 0 Å². The van der Waals surface area contributed by atoms with Gasteiger partial charge in [-0.15, -0.1) is 0 Å². The van der Waals surface area contributed by atoms with E-state index >= 15 is 0 Å². The first kappa shape index (κ1) is 17.9. The Morgan fingerprint density at radius 3 is 2.42 bits per heavy atom. The highest BCUT2D eigenvalue weighted by atomic mass is 79.9. The van der Waals surface area contributed by atoms with E-state index in [0.29, 0.717) is 18.1 Å². The summed E-state index contributed by atoms with van der Waals surface area (Å²) in [6, 6.07) is 0. The molecule has 0 bridgehead atoms. The highest BCUT2D eigenvalue weighted by Crippen LogP contribution is 2.41. The van der Waals surface area contributed by atoms with Crippen LogP contribution in [0.25, 0.3) is 0 Å². The van der Waals surface area contributed by atoms with Crippen molar-refractivity contribution in [3.63, 3.8) is 0 Å². The van der Waals surface area contributed by atoms with Crippen LogP contribution in [0.5, 0.6) is 0 Å². The second-order valence-corrected chi connectivity index (χ2v) is 8.80. The third-order valence-electron chi connectivity index (χ3n) is 4.02. The van der Waals surface area contributed by atoms with Crippen molar-refractivity contribution < 1.29 is 13.2 Å². The summed E-state index contributed by atoms with van der Waals surface area (Å²) in [4.78, 5) is 0. The van der Waals surface area contributed by atoms with E-state index in [4.69, 9.17) is 4.74 Å². The number of halogens is 2. The fourth-order valence-electron chi connectivity index (χ4n) is 2.49. The number of ether oxygens (including phenoxy) is 1. The molecule has 19 heavy (non-hydrogen) atoms. The topological polar surface area (TPSA) is 43.4 Å². The second-order valence-electron chi connectivity index (χ2n) is 5.45. The van der Waals surface area contributed by atoms with Gasteiger partial charge in [-0.25, -0.2) is 8.42 Å². The number of hydrogen-bond donors (Lipinski definition) is 0. The van der Waals surface area contributed by atoms with Crippen LogP contribution in [-0.4, -0.2) is 43.8 Å². The Balaban J connectivity index is 2.54. The first-order valence-corrected chi connectivity index (χ1v) is 11.0. The first-order valence-electron chi connectivity index (χ1n) is 6.90. The van der Waals surface area contributed by atoms with Gasteiger partial charge in [0.05, 0.1) is 11.5 Å². The average Bonchev–Trinajstić information content (AvgIpc) is 2.75. The lowest BCUT2D eigenvalue weighted by atomic mass is 9.76. The molecule has 0 aromatic heterocycles. The fourth-order valence-corrected chi connectivity index (χ4v) is 6.84. The molecule has 0 spiro atoms. The molecule has 1 unspecified atom stereocenters. The smallest absolute Gasteiger partial charge is 0.150 e. The Morgan fingerprint density at radius 2 is 1.95 bits per heavy atom. The summed E-state index contributed by atoms with van der Waals surface area (Å²) in [5, 5.41) is 1.64.